The monoisotopic (exact) mass is 164 g/mol. The molecule has 0 aromatic rings. The average Bonchev–Trinajstić information content (AvgIpc) is 2.01. The molecule has 2 N–H and O–H groups in total. The van der Waals surface area contributed by atoms with Gasteiger partial charge in [0.05, 0.1) is 0 Å². The summed E-state index contributed by atoms with van der Waals surface area (Å²) in [6.45, 7) is 2.26. The molecule has 0 bridgehead atoms. The first-order valence-electron chi connectivity index (χ1n) is 2.68. The zero-order valence-corrected chi connectivity index (χ0v) is 6.03. The van der Waals surface area contributed by atoms with Gasteiger partial charge in [0.1, 0.15) is 0 Å². The van der Waals surface area contributed by atoms with Crippen molar-refractivity contribution in [1.82, 2.24) is 0 Å². The Morgan fingerprint density at radius 3 is 1.55 bits per heavy atom. The minimum Gasteiger partial charge on any atom is -0.300 e. The highest BCUT2D eigenvalue weighted by atomic mass is 17.1. The molecular formula is C5H8O6. The van der Waals surface area contributed by atoms with Crippen molar-refractivity contribution in [2.45, 2.75) is 13.8 Å². The molecule has 0 rings (SSSR count). The lowest BCUT2D eigenvalue weighted by Gasteiger charge is -2.14. The molecule has 0 aromatic carbocycles. The van der Waals surface area contributed by atoms with Crippen LogP contribution in [0.2, 0.25) is 0 Å². The first-order valence-corrected chi connectivity index (χ1v) is 2.68. The van der Waals surface area contributed by atoms with E-state index in [9.17, 15) is 9.59 Å². The number of rotatable bonds is 2. The number of carbonyl (C=O) groups excluding carboxylic acids is 2. The first-order chi connectivity index (χ1) is 4.96. The Balaban J connectivity index is 4.44. The summed E-state index contributed by atoms with van der Waals surface area (Å²) in [4.78, 5) is 27.7. The van der Waals surface area contributed by atoms with E-state index in [2.05, 4.69) is 9.78 Å². The van der Waals surface area contributed by atoms with Crippen LogP contribution in [-0.4, -0.2) is 22.5 Å². The van der Waals surface area contributed by atoms with Crippen LogP contribution >= 0.6 is 0 Å². The Bertz CT molecular complexity index is 154. The van der Waals surface area contributed by atoms with E-state index in [1.165, 1.54) is 0 Å². The van der Waals surface area contributed by atoms with E-state index in [1.54, 1.807) is 0 Å². The molecule has 0 aliphatic rings. The molecule has 0 unspecified atom stereocenters. The van der Waals surface area contributed by atoms with Crippen LogP contribution in [0.3, 0.4) is 0 Å². The quantitative estimate of drug-likeness (QED) is 0.340. The molecule has 6 heteroatoms. The third kappa shape index (κ3) is 1.89. The zero-order chi connectivity index (χ0) is 9.07. The second-order valence-electron chi connectivity index (χ2n) is 2.38. The van der Waals surface area contributed by atoms with Gasteiger partial charge in [-0.2, -0.15) is 10.5 Å². The largest absolute Gasteiger partial charge is 0.358 e. The molecule has 11 heavy (non-hydrogen) atoms. The van der Waals surface area contributed by atoms with Crippen molar-refractivity contribution in [2.24, 2.45) is 5.41 Å². The van der Waals surface area contributed by atoms with E-state index in [0.717, 1.165) is 13.8 Å². The molecule has 0 aromatic heterocycles. The Morgan fingerprint density at radius 1 is 1.09 bits per heavy atom. The molecule has 0 atom stereocenters. The summed E-state index contributed by atoms with van der Waals surface area (Å²) in [7, 11) is 0. The third-order valence-electron chi connectivity index (χ3n) is 1.19. The molecular weight excluding hydrogens is 156 g/mol. The number of hydrogen-bond acceptors (Lipinski definition) is 6. The van der Waals surface area contributed by atoms with Crippen LogP contribution in [0, 0.1) is 5.41 Å². The second-order valence-corrected chi connectivity index (χ2v) is 2.38. The molecule has 0 heterocycles. The van der Waals surface area contributed by atoms with Crippen LogP contribution in [0.15, 0.2) is 0 Å². The van der Waals surface area contributed by atoms with Crippen LogP contribution in [0.1, 0.15) is 13.8 Å². The standard InChI is InChI=1S/C5H8O6/c1-5(2,3(6)10-8)4(7)11-9/h8-9H,1-2H3. The summed E-state index contributed by atoms with van der Waals surface area (Å²) >= 11 is 0. The molecule has 0 saturated carbocycles. The van der Waals surface area contributed by atoms with Gasteiger partial charge in [0, 0.05) is 0 Å². The van der Waals surface area contributed by atoms with Gasteiger partial charge in [-0.15, -0.1) is 0 Å². The summed E-state index contributed by atoms with van der Waals surface area (Å²) in [5, 5.41) is 15.8. The lowest BCUT2D eigenvalue weighted by atomic mass is 9.94. The van der Waals surface area contributed by atoms with E-state index < -0.39 is 17.4 Å². The minimum absolute atomic E-state index is 1.13. The topological polar surface area (TPSA) is 93.1 Å². The normalized spacial score (nSPS) is 10.5. The molecule has 64 valence electrons. The highest BCUT2D eigenvalue weighted by Gasteiger charge is 2.40. The van der Waals surface area contributed by atoms with E-state index in [-0.39, 0.29) is 0 Å². The Morgan fingerprint density at radius 2 is 1.36 bits per heavy atom. The fourth-order valence-electron chi connectivity index (χ4n) is 0.312. The Hall–Kier alpha value is -1.14. The smallest absolute Gasteiger partial charge is 0.300 e. The van der Waals surface area contributed by atoms with E-state index in [4.69, 9.17) is 10.5 Å². The Labute approximate surface area is 62.2 Å². The molecule has 0 aliphatic heterocycles. The van der Waals surface area contributed by atoms with Crippen LogP contribution in [0.4, 0.5) is 0 Å². The van der Waals surface area contributed by atoms with Gasteiger partial charge < -0.3 is 0 Å². The van der Waals surface area contributed by atoms with Gasteiger partial charge in [0.2, 0.25) is 0 Å². The molecule has 0 spiro atoms. The number of carbonyl (C=O) groups is 2. The van der Waals surface area contributed by atoms with Crippen LogP contribution in [-0.2, 0) is 19.4 Å². The van der Waals surface area contributed by atoms with E-state index in [0.29, 0.717) is 0 Å². The third-order valence-corrected chi connectivity index (χ3v) is 1.19. The van der Waals surface area contributed by atoms with E-state index >= 15 is 0 Å². The fraction of sp³-hybridized carbons (Fsp3) is 0.600. The summed E-state index contributed by atoms with van der Waals surface area (Å²) in [6, 6.07) is 0. The highest BCUT2D eigenvalue weighted by molar-refractivity contribution is 5.98. The van der Waals surface area contributed by atoms with Crippen LogP contribution in [0.5, 0.6) is 0 Å². The second kappa shape index (κ2) is 3.31. The van der Waals surface area contributed by atoms with Gasteiger partial charge in [-0.3, -0.25) is 9.78 Å². The van der Waals surface area contributed by atoms with Crippen LogP contribution < -0.4 is 0 Å². The maximum absolute atomic E-state index is 10.5. The van der Waals surface area contributed by atoms with Crippen molar-refractivity contribution in [3.05, 3.63) is 0 Å². The maximum Gasteiger partial charge on any atom is 0.358 e. The van der Waals surface area contributed by atoms with Gasteiger partial charge in [-0.05, 0) is 13.8 Å². The van der Waals surface area contributed by atoms with Gasteiger partial charge in [0.25, 0.3) is 0 Å². The van der Waals surface area contributed by atoms with Crippen molar-refractivity contribution in [3.8, 4) is 0 Å². The predicted molar refractivity (Wildman–Crippen MR) is 31.2 cm³/mol. The summed E-state index contributed by atoms with van der Waals surface area (Å²) in [6.07, 6.45) is 0. The van der Waals surface area contributed by atoms with Crippen molar-refractivity contribution >= 4 is 11.9 Å². The summed E-state index contributed by atoms with van der Waals surface area (Å²) < 4.78 is 0. The molecule has 0 fully saturated rings. The lowest BCUT2D eigenvalue weighted by Crippen LogP contribution is -2.35. The molecule has 6 nitrogen and oxygen atoms in total. The van der Waals surface area contributed by atoms with E-state index in [1.807, 2.05) is 0 Å². The molecule has 0 aliphatic carbocycles. The molecule has 0 amide bonds. The molecule has 0 saturated heterocycles. The van der Waals surface area contributed by atoms with Gasteiger partial charge in [-0.1, -0.05) is 0 Å². The number of hydrogen-bond donors (Lipinski definition) is 2. The first kappa shape index (κ1) is 9.86. The minimum atomic E-state index is -1.70. The lowest BCUT2D eigenvalue weighted by molar-refractivity contribution is -0.261. The van der Waals surface area contributed by atoms with Crippen molar-refractivity contribution in [1.29, 1.82) is 0 Å². The average molecular weight is 164 g/mol. The van der Waals surface area contributed by atoms with Crippen molar-refractivity contribution < 1.29 is 29.9 Å². The Kier molecular flexibility index (Phi) is 2.97. The van der Waals surface area contributed by atoms with Crippen molar-refractivity contribution in [3.63, 3.8) is 0 Å². The fourth-order valence-corrected chi connectivity index (χ4v) is 0.312. The maximum atomic E-state index is 10.5. The SMILES string of the molecule is CC(C)(C(=O)OO)C(=O)OO. The predicted octanol–water partition coefficient (Wildman–Crippen LogP) is 0.0450. The zero-order valence-electron chi connectivity index (χ0n) is 6.03. The van der Waals surface area contributed by atoms with Gasteiger partial charge in [-0.25, -0.2) is 9.59 Å². The van der Waals surface area contributed by atoms with Crippen LogP contribution in [0.25, 0.3) is 0 Å². The highest BCUT2D eigenvalue weighted by Crippen LogP contribution is 2.18. The van der Waals surface area contributed by atoms with Gasteiger partial charge in [0.15, 0.2) is 5.41 Å². The van der Waals surface area contributed by atoms with Crippen molar-refractivity contribution in [2.75, 3.05) is 0 Å². The summed E-state index contributed by atoms with van der Waals surface area (Å²) in [5.41, 5.74) is -1.70. The summed E-state index contributed by atoms with van der Waals surface area (Å²) in [5.74, 6) is -2.40. The molecule has 0 radical (unpaired) electrons. The van der Waals surface area contributed by atoms with Gasteiger partial charge >= 0.3 is 11.9 Å².